The largest absolute Gasteiger partial charge is 0.504 e. The number of phenols is 13. The van der Waals surface area contributed by atoms with Crippen molar-refractivity contribution in [3.05, 3.63) is 88.5 Å². The Kier molecular flexibility index (Phi) is 12.7. The molecule has 15 N–H and O–H groups in total. The summed E-state index contributed by atoms with van der Waals surface area (Å²) < 4.78 is 26.4. The molecule has 26 heteroatoms. The van der Waals surface area contributed by atoms with Gasteiger partial charge in [-0.1, -0.05) is 0 Å². The zero-order valence-electron chi connectivity index (χ0n) is 33.6. The van der Waals surface area contributed by atoms with Crippen LogP contribution in [0.5, 0.6) is 86.2 Å². The van der Waals surface area contributed by atoms with Gasteiger partial charge >= 0.3 is 35.8 Å². The third-order valence-electron chi connectivity index (χ3n) is 9.90. The molecule has 1 aliphatic rings. The molecular formula is C42H32O26. The number of carbonyl (C=O) groups is 6. The molecule has 68 heavy (non-hydrogen) atoms. The van der Waals surface area contributed by atoms with Crippen LogP contribution in [0.4, 0.5) is 0 Å². The minimum Gasteiger partial charge on any atom is -0.504 e. The molecule has 0 bridgehead atoms. The summed E-state index contributed by atoms with van der Waals surface area (Å²) in [5.74, 6) is -26.5. The minimum absolute atomic E-state index is 0.524. The smallest absolute Gasteiger partial charge is 0.343 e. The molecule has 5 aromatic rings. The van der Waals surface area contributed by atoms with Crippen LogP contribution in [0.3, 0.4) is 0 Å². The number of rotatable bonds is 11. The van der Waals surface area contributed by atoms with E-state index in [0.29, 0.717) is 60.7 Å². The average Bonchev–Trinajstić information content (AvgIpc) is 3.27. The lowest BCUT2D eigenvalue weighted by molar-refractivity contribution is -0.188. The van der Waals surface area contributed by atoms with Crippen LogP contribution in [0.25, 0.3) is 0 Å². The first-order chi connectivity index (χ1) is 31.8. The summed E-state index contributed by atoms with van der Waals surface area (Å²) in [5, 5.41) is 152. The molecule has 0 heterocycles. The molecule has 1 saturated carbocycles. The van der Waals surface area contributed by atoms with E-state index in [1.54, 1.807) is 0 Å². The van der Waals surface area contributed by atoms with Crippen LogP contribution < -0.4 is 9.47 Å². The van der Waals surface area contributed by atoms with Gasteiger partial charge in [-0.05, 0) is 60.7 Å². The Hall–Kier alpha value is -9.72. The molecule has 26 nitrogen and oxygen atoms in total. The van der Waals surface area contributed by atoms with E-state index in [1.165, 1.54) is 0 Å². The van der Waals surface area contributed by atoms with Crippen molar-refractivity contribution in [3.63, 3.8) is 0 Å². The number of benzene rings is 5. The lowest BCUT2D eigenvalue weighted by atomic mass is 9.79. The highest BCUT2D eigenvalue weighted by atomic mass is 16.6. The highest BCUT2D eigenvalue weighted by Crippen LogP contribution is 2.44. The fraction of sp³-hybridized carbons (Fsp3) is 0.143. The van der Waals surface area contributed by atoms with Gasteiger partial charge in [-0.3, -0.25) is 0 Å². The second-order valence-corrected chi connectivity index (χ2v) is 14.5. The zero-order chi connectivity index (χ0) is 50.3. The number of aliphatic carboxylic acids is 1. The number of carbonyl (C=O) groups excluding carboxylic acids is 5. The van der Waals surface area contributed by atoms with Crippen molar-refractivity contribution >= 4 is 35.8 Å². The van der Waals surface area contributed by atoms with Gasteiger partial charge in [0.15, 0.2) is 86.4 Å². The minimum atomic E-state index is -3.02. The van der Waals surface area contributed by atoms with Crippen molar-refractivity contribution in [1.82, 2.24) is 0 Å². The number of carboxylic acids is 1. The zero-order valence-corrected chi connectivity index (χ0v) is 33.6. The standard InChI is InChI=1S/C42H32O26/c43-18-2-1-17(34(33(18)55)67-39(59)16-9-25(50)32(54)26(10-16)64-36(56)13-3-19(44)29(51)20(45)4-13)40(60)68-35-27(65-37(57)14-5-21(46)30(52)22(47)6-14)11-42(63,41(61)62)12-28(35)66-38(58)15-7-23(48)31(53)24(49)8-15/h1-10,27-28,35,43-55,63H,11-12H2,(H,61,62). The molecule has 0 aromatic heterocycles. The van der Waals surface area contributed by atoms with Crippen LogP contribution in [0.15, 0.2) is 60.7 Å². The molecule has 0 saturated heterocycles. The van der Waals surface area contributed by atoms with Gasteiger partial charge in [-0.2, -0.15) is 0 Å². The molecule has 1 aliphatic carbocycles. The normalized spacial score (nSPS) is 17.6. The molecule has 1 fully saturated rings. The van der Waals surface area contributed by atoms with Crippen LogP contribution in [0.2, 0.25) is 0 Å². The van der Waals surface area contributed by atoms with Gasteiger partial charge in [0.05, 0.1) is 22.3 Å². The van der Waals surface area contributed by atoms with Crippen molar-refractivity contribution in [1.29, 1.82) is 0 Å². The predicted molar refractivity (Wildman–Crippen MR) is 213 cm³/mol. The summed E-state index contributed by atoms with van der Waals surface area (Å²) in [4.78, 5) is 79.7. The number of phenolic OH excluding ortho intramolecular Hbond substituents is 13. The molecule has 356 valence electrons. The first kappa shape index (κ1) is 47.8. The molecule has 0 radical (unpaired) electrons. The molecule has 0 aliphatic heterocycles. The predicted octanol–water partition coefficient (Wildman–Crippen LogP) is 1.88. The Morgan fingerprint density at radius 1 is 0.426 bits per heavy atom. The lowest BCUT2D eigenvalue weighted by Crippen LogP contribution is -2.59. The van der Waals surface area contributed by atoms with E-state index in [2.05, 4.69) is 0 Å². The van der Waals surface area contributed by atoms with E-state index in [9.17, 15) is 105 Å². The van der Waals surface area contributed by atoms with Gasteiger partial charge in [-0.15, -0.1) is 0 Å². The van der Waals surface area contributed by atoms with Gasteiger partial charge in [0.1, 0.15) is 17.8 Å². The lowest BCUT2D eigenvalue weighted by Gasteiger charge is -2.42. The number of hydrogen-bond acceptors (Lipinski definition) is 25. The van der Waals surface area contributed by atoms with Crippen molar-refractivity contribution in [3.8, 4) is 86.2 Å². The first-order valence-corrected chi connectivity index (χ1v) is 18.7. The summed E-state index contributed by atoms with van der Waals surface area (Å²) in [5.41, 5.74) is -7.00. The van der Waals surface area contributed by atoms with E-state index >= 15 is 0 Å². The van der Waals surface area contributed by atoms with Crippen LogP contribution in [0.1, 0.15) is 64.6 Å². The van der Waals surface area contributed by atoms with E-state index < -0.39 is 187 Å². The van der Waals surface area contributed by atoms with Crippen LogP contribution in [-0.4, -0.2) is 136 Å². The maximum atomic E-state index is 14.1. The third kappa shape index (κ3) is 9.40. The number of ether oxygens (including phenoxy) is 5. The average molecular weight is 953 g/mol. The monoisotopic (exact) mass is 952 g/mol. The van der Waals surface area contributed by atoms with Gasteiger partial charge < -0.3 is 100 Å². The molecule has 6 rings (SSSR count). The van der Waals surface area contributed by atoms with Gasteiger partial charge in [0.2, 0.25) is 11.5 Å². The Bertz CT molecular complexity index is 2790. The fourth-order valence-electron chi connectivity index (χ4n) is 6.45. The van der Waals surface area contributed by atoms with E-state index in [4.69, 9.17) is 23.7 Å². The number of aliphatic hydroxyl groups is 1. The maximum absolute atomic E-state index is 14.1. The fourth-order valence-corrected chi connectivity index (χ4v) is 6.45. The maximum Gasteiger partial charge on any atom is 0.343 e. The van der Waals surface area contributed by atoms with Gasteiger partial charge in [-0.25, -0.2) is 28.8 Å². The Labute approximate surface area is 375 Å². The van der Waals surface area contributed by atoms with Crippen LogP contribution in [0, 0.1) is 0 Å². The highest BCUT2D eigenvalue weighted by Gasteiger charge is 2.55. The molecular weight excluding hydrogens is 920 g/mol. The SMILES string of the molecule is O=C(Oc1cc(C(=O)Oc2c(C(=O)OC3C(OC(=O)c4cc(O)c(O)c(O)c4)CC(O)(C(=O)O)CC3OC(=O)c3cc(O)c(O)c(O)c3)ccc(O)c2O)cc(O)c1O)c1cc(O)c(O)c(O)c1. The van der Waals surface area contributed by atoms with Gasteiger partial charge in [0, 0.05) is 12.8 Å². The number of carboxylic acid groups (broad SMARTS) is 1. The summed E-state index contributed by atoms with van der Waals surface area (Å²) in [7, 11) is 0. The second-order valence-electron chi connectivity index (χ2n) is 14.5. The molecule has 2 atom stereocenters. The van der Waals surface area contributed by atoms with Crippen molar-refractivity contribution in [2.45, 2.75) is 36.8 Å². The summed E-state index contributed by atoms with van der Waals surface area (Å²) >= 11 is 0. The van der Waals surface area contributed by atoms with Crippen molar-refractivity contribution in [2.24, 2.45) is 0 Å². The van der Waals surface area contributed by atoms with Crippen LogP contribution >= 0.6 is 0 Å². The molecule has 0 amide bonds. The number of esters is 5. The summed E-state index contributed by atoms with van der Waals surface area (Å²) in [6.07, 6.45) is -9.17. The molecule has 5 aromatic carbocycles. The van der Waals surface area contributed by atoms with Crippen LogP contribution in [-0.2, 0) is 19.0 Å². The van der Waals surface area contributed by atoms with Gasteiger partial charge in [0.25, 0.3) is 0 Å². The second kappa shape index (κ2) is 18.0. The topological polar surface area (TPSA) is 452 Å². The Balaban J connectivity index is 1.37. The highest BCUT2D eigenvalue weighted by molar-refractivity contribution is 5.99. The quantitative estimate of drug-likeness (QED) is 0.0389. The van der Waals surface area contributed by atoms with E-state index in [-0.39, 0.29) is 0 Å². The molecule has 0 spiro atoms. The summed E-state index contributed by atoms with van der Waals surface area (Å²) in [6, 6.07) is 5.95. The van der Waals surface area contributed by atoms with Crippen molar-refractivity contribution < 1.29 is 129 Å². The van der Waals surface area contributed by atoms with E-state index in [0.717, 1.165) is 0 Å². The number of hydrogen-bond donors (Lipinski definition) is 15. The number of aromatic hydroxyl groups is 13. The third-order valence-corrected chi connectivity index (χ3v) is 9.90. The summed E-state index contributed by atoms with van der Waals surface area (Å²) in [6.45, 7) is 0. The van der Waals surface area contributed by atoms with E-state index in [1.807, 2.05) is 0 Å². The molecule has 2 unspecified atom stereocenters. The Morgan fingerprint density at radius 2 is 0.794 bits per heavy atom. The Morgan fingerprint density at radius 3 is 1.21 bits per heavy atom. The van der Waals surface area contributed by atoms with Crippen molar-refractivity contribution in [2.75, 3.05) is 0 Å². The first-order valence-electron chi connectivity index (χ1n) is 18.7.